The lowest BCUT2D eigenvalue weighted by Gasteiger charge is -2.19. The fourth-order valence-corrected chi connectivity index (χ4v) is 3.21. The highest BCUT2D eigenvalue weighted by atomic mass is 16.1. The number of anilines is 1. The third kappa shape index (κ3) is 3.31. The number of amides is 1. The van der Waals surface area contributed by atoms with Crippen molar-refractivity contribution in [1.82, 2.24) is 25.0 Å². The molecule has 2 N–H and O–H groups in total. The summed E-state index contributed by atoms with van der Waals surface area (Å²) in [5.74, 6) is 0.986. The molecule has 7 nitrogen and oxygen atoms in total. The van der Waals surface area contributed by atoms with Gasteiger partial charge in [0.1, 0.15) is 5.82 Å². The van der Waals surface area contributed by atoms with E-state index in [1.165, 1.54) is 5.56 Å². The van der Waals surface area contributed by atoms with Gasteiger partial charge in [0, 0.05) is 37.0 Å². The number of hydrogen-bond acceptors (Lipinski definition) is 4. The number of rotatable bonds is 4. The number of H-pyrrole nitrogens is 1. The van der Waals surface area contributed by atoms with E-state index in [0.29, 0.717) is 6.42 Å². The first-order chi connectivity index (χ1) is 12.2. The standard InChI is InChI=1S/C18H20N6O/c1-12-19-8-9-24(12)11-13-2-5-15(6-3-13)20-18(25)14-4-7-16-17(10-14)22-23-21-16/h2-3,5-6,8-9,14H,4,7,10-11H2,1H3,(H,20,25)(H,21,22,23)/t14-/m0/s1. The van der Waals surface area contributed by atoms with Crippen LogP contribution in [0.25, 0.3) is 0 Å². The second-order valence-electron chi connectivity index (χ2n) is 6.45. The first kappa shape index (κ1) is 15.6. The second-order valence-corrected chi connectivity index (χ2v) is 6.45. The molecule has 7 heteroatoms. The molecule has 128 valence electrons. The molecule has 0 bridgehead atoms. The molecule has 0 spiro atoms. The van der Waals surface area contributed by atoms with Crippen LogP contribution in [-0.4, -0.2) is 30.9 Å². The van der Waals surface area contributed by atoms with Gasteiger partial charge >= 0.3 is 0 Å². The highest BCUT2D eigenvalue weighted by Crippen LogP contribution is 2.23. The number of aryl methyl sites for hydroxylation is 2. The highest BCUT2D eigenvalue weighted by molar-refractivity contribution is 5.92. The Balaban J connectivity index is 1.38. The van der Waals surface area contributed by atoms with Crippen molar-refractivity contribution >= 4 is 11.6 Å². The normalized spacial score (nSPS) is 16.4. The summed E-state index contributed by atoms with van der Waals surface area (Å²) in [6, 6.07) is 7.96. The van der Waals surface area contributed by atoms with Gasteiger partial charge in [0.25, 0.3) is 0 Å². The molecule has 2 aromatic heterocycles. The third-order valence-electron chi connectivity index (χ3n) is 4.74. The average molecular weight is 336 g/mol. The number of nitrogens with zero attached hydrogens (tertiary/aromatic N) is 4. The van der Waals surface area contributed by atoms with Crippen molar-refractivity contribution in [3.05, 3.63) is 59.4 Å². The molecule has 1 atom stereocenters. The lowest BCUT2D eigenvalue weighted by Crippen LogP contribution is -2.28. The molecule has 3 aromatic rings. The van der Waals surface area contributed by atoms with Gasteiger partial charge in [-0.05, 0) is 37.5 Å². The third-order valence-corrected chi connectivity index (χ3v) is 4.74. The van der Waals surface area contributed by atoms with Crippen LogP contribution in [-0.2, 0) is 24.2 Å². The number of imidazole rings is 1. The molecule has 1 aliphatic rings. The highest BCUT2D eigenvalue weighted by Gasteiger charge is 2.27. The van der Waals surface area contributed by atoms with Gasteiger partial charge in [0.2, 0.25) is 5.91 Å². The van der Waals surface area contributed by atoms with E-state index in [0.717, 1.165) is 42.3 Å². The SMILES string of the molecule is Cc1nccn1Cc1ccc(NC(=O)[C@H]2CCc3n[nH]nc3C2)cc1. The summed E-state index contributed by atoms with van der Waals surface area (Å²) in [7, 11) is 0. The Morgan fingerprint density at radius 2 is 2.08 bits per heavy atom. The summed E-state index contributed by atoms with van der Waals surface area (Å²) in [6.07, 6.45) is 6.02. The molecule has 4 rings (SSSR count). The van der Waals surface area contributed by atoms with Crippen molar-refractivity contribution in [1.29, 1.82) is 0 Å². The van der Waals surface area contributed by atoms with Gasteiger partial charge in [-0.2, -0.15) is 15.4 Å². The summed E-state index contributed by atoms with van der Waals surface area (Å²) in [4.78, 5) is 16.7. The maximum Gasteiger partial charge on any atom is 0.227 e. The average Bonchev–Trinajstić information content (AvgIpc) is 3.25. The Bertz CT molecular complexity index is 879. The lowest BCUT2D eigenvalue weighted by molar-refractivity contribution is -0.120. The largest absolute Gasteiger partial charge is 0.331 e. The van der Waals surface area contributed by atoms with Crippen LogP contribution >= 0.6 is 0 Å². The van der Waals surface area contributed by atoms with Crippen LogP contribution in [0.3, 0.4) is 0 Å². The van der Waals surface area contributed by atoms with Crippen LogP contribution in [0.4, 0.5) is 5.69 Å². The Hall–Kier alpha value is -2.96. The number of aromatic amines is 1. The summed E-state index contributed by atoms with van der Waals surface area (Å²) >= 11 is 0. The maximum atomic E-state index is 12.5. The minimum absolute atomic E-state index is 0.0480. The van der Waals surface area contributed by atoms with Crippen molar-refractivity contribution < 1.29 is 4.79 Å². The van der Waals surface area contributed by atoms with Gasteiger partial charge in [0.05, 0.1) is 11.4 Å². The maximum absolute atomic E-state index is 12.5. The van der Waals surface area contributed by atoms with E-state index in [4.69, 9.17) is 0 Å². The molecular formula is C18H20N6O. The number of benzene rings is 1. The van der Waals surface area contributed by atoms with Crippen LogP contribution in [0, 0.1) is 12.8 Å². The molecule has 0 saturated heterocycles. The smallest absolute Gasteiger partial charge is 0.227 e. The monoisotopic (exact) mass is 336 g/mol. The number of nitrogens with one attached hydrogen (secondary N) is 2. The van der Waals surface area contributed by atoms with Gasteiger partial charge in [-0.3, -0.25) is 4.79 Å². The Morgan fingerprint density at radius 3 is 2.84 bits per heavy atom. The number of carbonyl (C=O) groups is 1. The summed E-state index contributed by atoms with van der Waals surface area (Å²) < 4.78 is 2.09. The zero-order valence-electron chi connectivity index (χ0n) is 14.1. The van der Waals surface area contributed by atoms with Crippen molar-refractivity contribution in [2.24, 2.45) is 5.92 Å². The number of hydrogen-bond donors (Lipinski definition) is 2. The van der Waals surface area contributed by atoms with E-state index in [-0.39, 0.29) is 11.8 Å². The second kappa shape index (κ2) is 6.51. The van der Waals surface area contributed by atoms with Crippen molar-refractivity contribution in [3.63, 3.8) is 0 Å². The topological polar surface area (TPSA) is 88.5 Å². The van der Waals surface area contributed by atoms with Crippen molar-refractivity contribution in [2.75, 3.05) is 5.32 Å². The quantitative estimate of drug-likeness (QED) is 0.764. The minimum Gasteiger partial charge on any atom is -0.331 e. The Labute approximate surface area is 145 Å². The fourth-order valence-electron chi connectivity index (χ4n) is 3.21. The Morgan fingerprint density at radius 1 is 1.28 bits per heavy atom. The van der Waals surface area contributed by atoms with Crippen LogP contribution in [0.15, 0.2) is 36.7 Å². The van der Waals surface area contributed by atoms with E-state index < -0.39 is 0 Å². The zero-order valence-corrected chi connectivity index (χ0v) is 14.1. The predicted octanol–water partition coefficient (Wildman–Crippen LogP) is 2.10. The van der Waals surface area contributed by atoms with Gasteiger partial charge < -0.3 is 9.88 Å². The van der Waals surface area contributed by atoms with Gasteiger partial charge in [-0.25, -0.2) is 4.98 Å². The number of aromatic nitrogens is 5. The molecule has 0 radical (unpaired) electrons. The van der Waals surface area contributed by atoms with E-state index in [1.54, 1.807) is 6.20 Å². The molecular weight excluding hydrogens is 316 g/mol. The van der Waals surface area contributed by atoms with E-state index in [1.807, 2.05) is 37.4 Å². The van der Waals surface area contributed by atoms with Gasteiger partial charge in [0.15, 0.2) is 0 Å². The van der Waals surface area contributed by atoms with Crippen LogP contribution in [0.2, 0.25) is 0 Å². The molecule has 0 saturated carbocycles. The van der Waals surface area contributed by atoms with Gasteiger partial charge in [-0.15, -0.1) is 0 Å². The molecule has 25 heavy (non-hydrogen) atoms. The minimum atomic E-state index is -0.0501. The summed E-state index contributed by atoms with van der Waals surface area (Å²) in [5.41, 5.74) is 3.90. The summed E-state index contributed by atoms with van der Waals surface area (Å²) in [6.45, 7) is 2.76. The van der Waals surface area contributed by atoms with Crippen molar-refractivity contribution in [3.8, 4) is 0 Å². The molecule has 1 aliphatic carbocycles. The van der Waals surface area contributed by atoms with Crippen molar-refractivity contribution in [2.45, 2.75) is 32.7 Å². The fraction of sp³-hybridized carbons (Fsp3) is 0.333. The van der Waals surface area contributed by atoms with E-state index >= 15 is 0 Å². The van der Waals surface area contributed by atoms with E-state index in [2.05, 4.69) is 30.3 Å². The van der Waals surface area contributed by atoms with Crippen LogP contribution < -0.4 is 5.32 Å². The number of fused-ring (bicyclic) bond motifs is 1. The molecule has 0 fully saturated rings. The first-order valence-corrected chi connectivity index (χ1v) is 8.45. The molecule has 1 amide bonds. The van der Waals surface area contributed by atoms with Crippen LogP contribution in [0.1, 0.15) is 29.2 Å². The molecule has 0 aliphatic heterocycles. The summed E-state index contributed by atoms with van der Waals surface area (Å²) in [5, 5.41) is 13.9. The molecule has 1 aromatic carbocycles. The molecule has 2 heterocycles. The Kier molecular flexibility index (Phi) is 4.05. The van der Waals surface area contributed by atoms with Gasteiger partial charge in [-0.1, -0.05) is 12.1 Å². The van der Waals surface area contributed by atoms with E-state index in [9.17, 15) is 4.79 Å². The predicted molar refractivity (Wildman–Crippen MR) is 93.0 cm³/mol. The lowest BCUT2D eigenvalue weighted by atomic mass is 9.89. The van der Waals surface area contributed by atoms with Crippen LogP contribution in [0.5, 0.6) is 0 Å². The zero-order chi connectivity index (χ0) is 17.2. The molecule has 0 unspecified atom stereocenters. The first-order valence-electron chi connectivity index (χ1n) is 8.45. The number of carbonyl (C=O) groups excluding carboxylic acids is 1.